The van der Waals surface area contributed by atoms with Crippen molar-refractivity contribution in [2.24, 2.45) is 0 Å². The molecule has 0 radical (unpaired) electrons. The first-order chi connectivity index (χ1) is 4.77. The first-order valence-corrected chi connectivity index (χ1v) is 4.76. The molecule has 0 fully saturated rings. The molecule has 0 aliphatic heterocycles. The minimum atomic E-state index is 0.156. The van der Waals surface area contributed by atoms with Crippen molar-refractivity contribution in [1.29, 1.82) is 0 Å². The SMILES string of the molecule is CCc1sc(CO)cc1Br. The number of rotatable bonds is 2. The maximum absolute atomic E-state index is 8.76. The summed E-state index contributed by atoms with van der Waals surface area (Å²) in [5.74, 6) is 0. The van der Waals surface area contributed by atoms with E-state index in [-0.39, 0.29) is 6.61 Å². The Bertz CT molecular complexity index is 219. The molecule has 0 spiro atoms. The number of hydrogen-bond donors (Lipinski definition) is 1. The van der Waals surface area contributed by atoms with Crippen molar-refractivity contribution in [3.05, 3.63) is 20.3 Å². The average Bonchev–Trinajstić information content (AvgIpc) is 2.30. The van der Waals surface area contributed by atoms with Gasteiger partial charge in [-0.1, -0.05) is 6.92 Å². The number of aliphatic hydroxyl groups is 1. The molecule has 0 aromatic carbocycles. The van der Waals surface area contributed by atoms with Crippen LogP contribution in [0.2, 0.25) is 0 Å². The van der Waals surface area contributed by atoms with Gasteiger partial charge in [0.05, 0.1) is 6.61 Å². The summed E-state index contributed by atoms with van der Waals surface area (Å²) >= 11 is 5.08. The zero-order valence-corrected chi connectivity index (χ0v) is 8.13. The average molecular weight is 221 g/mol. The van der Waals surface area contributed by atoms with Crippen LogP contribution in [0, 0.1) is 0 Å². The van der Waals surface area contributed by atoms with Crippen LogP contribution in [0.4, 0.5) is 0 Å². The highest BCUT2D eigenvalue weighted by Crippen LogP contribution is 2.27. The van der Waals surface area contributed by atoms with Gasteiger partial charge in [-0.3, -0.25) is 0 Å². The molecule has 3 heteroatoms. The quantitative estimate of drug-likeness (QED) is 0.813. The van der Waals surface area contributed by atoms with Crippen LogP contribution in [0.5, 0.6) is 0 Å². The van der Waals surface area contributed by atoms with Gasteiger partial charge in [-0.2, -0.15) is 0 Å². The third-order valence-corrected chi connectivity index (χ3v) is 3.52. The van der Waals surface area contributed by atoms with Crippen molar-refractivity contribution < 1.29 is 5.11 Å². The van der Waals surface area contributed by atoms with Gasteiger partial charge in [-0.25, -0.2) is 0 Å². The normalized spacial score (nSPS) is 10.3. The molecule has 1 heterocycles. The van der Waals surface area contributed by atoms with E-state index in [2.05, 4.69) is 22.9 Å². The summed E-state index contributed by atoms with van der Waals surface area (Å²) in [6.45, 7) is 2.26. The van der Waals surface area contributed by atoms with Gasteiger partial charge in [0.15, 0.2) is 0 Å². The fourth-order valence-electron chi connectivity index (χ4n) is 0.777. The molecule has 1 nitrogen and oxygen atoms in total. The maximum Gasteiger partial charge on any atom is 0.0774 e. The van der Waals surface area contributed by atoms with Crippen LogP contribution < -0.4 is 0 Å². The van der Waals surface area contributed by atoms with Crippen molar-refractivity contribution in [2.45, 2.75) is 20.0 Å². The van der Waals surface area contributed by atoms with Crippen LogP contribution in [0.1, 0.15) is 16.7 Å². The van der Waals surface area contributed by atoms with Crippen molar-refractivity contribution in [1.82, 2.24) is 0 Å². The molecule has 0 bridgehead atoms. The van der Waals surface area contributed by atoms with Crippen LogP contribution in [-0.4, -0.2) is 5.11 Å². The second-order valence-electron chi connectivity index (χ2n) is 2.00. The standard InChI is InChI=1S/C7H9BrOS/c1-2-7-6(8)3-5(4-9)10-7/h3,9H,2,4H2,1H3. The lowest BCUT2D eigenvalue weighted by Gasteiger charge is -1.86. The topological polar surface area (TPSA) is 20.2 Å². The lowest BCUT2D eigenvalue weighted by Crippen LogP contribution is -1.70. The van der Waals surface area contributed by atoms with Crippen molar-refractivity contribution >= 4 is 27.3 Å². The number of hydrogen-bond acceptors (Lipinski definition) is 2. The van der Waals surface area contributed by atoms with E-state index < -0.39 is 0 Å². The molecular weight excluding hydrogens is 212 g/mol. The Hall–Kier alpha value is 0.140. The van der Waals surface area contributed by atoms with E-state index in [0.717, 1.165) is 15.8 Å². The van der Waals surface area contributed by atoms with Crippen molar-refractivity contribution in [2.75, 3.05) is 0 Å². The van der Waals surface area contributed by atoms with Gasteiger partial charge < -0.3 is 5.11 Å². The maximum atomic E-state index is 8.76. The van der Waals surface area contributed by atoms with Gasteiger partial charge >= 0.3 is 0 Å². The Balaban J connectivity index is 2.92. The molecular formula is C7H9BrOS. The highest BCUT2D eigenvalue weighted by molar-refractivity contribution is 9.10. The largest absolute Gasteiger partial charge is 0.391 e. The Morgan fingerprint density at radius 3 is 2.70 bits per heavy atom. The third-order valence-electron chi connectivity index (χ3n) is 1.29. The molecule has 0 saturated carbocycles. The Morgan fingerprint density at radius 2 is 2.40 bits per heavy atom. The summed E-state index contributed by atoms with van der Waals surface area (Å²) in [5, 5.41) is 8.76. The van der Waals surface area contributed by atoms with E-state index in [1.54, 1.807) is 11.3 Å². The first-order valence-electron chi connectivity index (χ1n) is 3.16. The zero-order valence-electron chi connectivity index (χ0n) is 5.72. The van der Waals surface area contributed by atoms with Crippen LogP contribution in [-0.2, 0) is 13.0 Å². The molecule has 1 rings (SSSR count). The van der Waals surface area contributed by atoms with Crippen LogP contribution in [0.15, 0.2) is 10.5 Å². The van der Waals surface area contributed by atoms with E-state index in [1.165, 1.54) is 4.88 Å². The van der Waals surface area contributed by atoms with Crippen LogP contribution in [0.25, 0.3) is 0 Å². The van der Waals surface area contributed by atoms with Crippen LogP contribution in [0.3, 0.4) is 0 Å². The summed E-state index contributed by atoms with van der Waals surface area (Å²) in [4.78, 5) is 2.34. The van der Waals surface area contributed by atoms with E-state index in [0.29, 0.717) is 0 Å². The number of thiophene rings is 1. The molecule has 56 valence electrons. The molecule has 0 saturated heterocycles. The minimum Gasteiger partial charge on any atom is -0.391 e. The minimum absolute atomic E-state index is 0.156. The Morgan fingerprint density at radius 1 is 1.70 bits per heavy atom. The zero-order chi connectivity index (χ0) is 7.56. The van der Waals surface area contributed by atoms with E-state index in [1.807, 2.05) is 6.07 Å². The van der Waals surface area contributed by atoms with Crippen molar-refractivity contribution in [3.63, 3.8) is 0 Å². The predicted molar refractivity (Wildman–Crippen MR) is 47.3 cm³/mol. The van der Waals surface area contributed by atoms with E-state index in [4.69, 9.17) is 5.11 Å². The molecule has 1 aromatic rings. The first kappa shape index (κ1) is 8.24. The predicted octanol–water partition coefficient (Wildman–Crippen LogP) is 2.57. The van der Waals surface area contributed by atoms with E-state index in [9.17, 15) is 0 Å². The molecule has 0 amide bonds. The monoisotopic (exact) mass is 220 g/mol. The molecule has 1 aromatic heterocycles. The second kappa shape index (κ2) is 3.51. The van der Waals surface area contributed by atoms with Crippen LogP contribution >= 0.6 is 27.3 Å². The summed E-state index contributed by atoms with van der Waals surface area (Å²) in [7, 11) is 0. The van der Waals surface area contributed by atoms with Gasteiger partial charge in [0.2, 0.25) is 0 Å². The molecule has 0 aliphatic carbocycles. The van der Waals surface area contributed by atoms with Gasteiger partial charge in [-0.15, -0.1) is 11.3 Å². The number of halogens is 1. The lowest BCUT2D eigenvalue weighted by molar-refractivity contribution is 0.285. The summed E-state index contributed by atoms with van der Waals surface area (Å²) in [5.41, 5.74) is 0. The smallest absolute Gasteiger partial charge is 0.0774 e. The van der Waals surface area contributed by atoms with Gasteiger partial charge in [-0.05, 0) is 28.4 Å². The molecule has 0 atom stereocenters. The van der Waals surface area contributed by atoms with E-state index >= 15 is 0 Å². The summed E-state index contributed by atoms with van der Waals surface area (Å²) in [6.07, 6.45) is 1.03. The molecule has 10 heavy (non-hydrogen) atoms. The number of aryl methyl sites for hydroxylation is 1. The van der Waals surface area contributed by atoms with Gasteiger partial charge in [0, 0.05) is 14.2 Å². The molecule has 0 unspecified atom stereocenters. The second-order valence-corrected chi connectivity index (χ2v) is 4.07. The summed E-state index contributed by atoms with van der Waals surface area (Å²) in [6, 6.07) is 1.98. The fourth-order valence-corrected chi connectivity index (χ4v) is 2.59. The highest BCUT2D eigenvalue weighted by atomic mass is 79.9. The van der Waals surface area contributed by atoms with Gasteiger partial charge in [0.1, 0.15) is 0 Å². The highest BCUT2D eigenvalue weighted by Gasteiger charge is 2.02. The fraction of sp³-hybridized carbons (Fsp3) is 0.429. The number of aliphatic hydroxyl groups excluding tert-OH is 1. The Kier molecular flexibility index (Phi) is 2.89. The molecule has 0 aliphatic rings. The van der Waals surface area contributed by atoms with Gasteiger partial charge in [0.25, 0.3) is 0 Å². The summed E-state index contributed by atoms with van der Waals surface area (Å²) < 4.78 is 1.13. The van der Waals surface area contributed by atoms with Crippen molar-refractivity contribution in [3.8, 4) is 0 Å². The lowest BCUT2D eigenvalue weighted by atomic mass is 10.4. The third kappa shape index (κ3) is 1.59. The molecule has 1 N–H and O–H groups in total. The Labute approximate surface area is 72.8 Å².